The van der Waals surface area contributed by atoms with Crippen molar-refractivity contribution in [1.82, 2.24) is 5.43 Å². The third-order valence-corrected chi connectivity index (χ3v) is 3.42. The molecule has 114 valence electrons. The van der Waals surface area contributed by atoms with Gasteiger partial charge in [0.1, 0.15) is 5.75 Å². The lowest BCUT2D eigenvalue weighted by Crippen LogP contribution is -2.19. The zero-order chi connectivity index (χ0) is 15.8. The molecule has 0 unspecified atom stereocenters. The molecule has 2 aromatic rings. The summed E-state index contributed by atoms with van der Waals surface area (Å²) >= 11 is 3.36. The van der Waals surface area contributed by atoms with Crippen LogP contribution in [-0.4, -0.2) is 18.7 Å². The first-order valence-corrected chi connectivity index (χ1v) is 7.76. The minimum absolute atomic E-state index is 0.160. The highest BCUT2D eigenvalue weighted by Gasteiger charge is 2.02. The highest BCUT2D eigenvalue weighted by atomic mass is 79.9. The van der Waals surface area contributed by atoms with Gasteiger partial charge in [0.15, 0.2) is 0 Å². The van der Waals surface area contributed by atoms with Gasteiger partial charge in [0.05, 0.1) is 19.2 Å². The van der Waals surface area contributed by atoms with E-state index in [9.17, 15) is 4.79 Å². The van der Waals surface area contributed by atoms with Crippen molar-refractivity contribution >= 4 is 28.1 Å². The Hall–Kier alpha value is -2.14. The van der Waals surface area contributed by atoms with Gasteiger partial charge >= 0.3 is 0 Å². The van der Waals surface area contributed by atoms with Crippen molar-refractivity contribution in [3.05, 3.63) is 64.1 Å². The van der Waals surface area contributed by atoms with Gasteiger partial charge in [0.25, 0.3) is 0 Å². The molecule has 0 saturated carbocycles. The normalized spacial score (nSPS) is 10.6. The minimum atomic E-state index is -0.160. The van der Waals surface area contributed by atoms with Crippen molar-refractivity contribution < 1.29 is 9.53 Å². The average molecular weight is 361 g/mol. The Labute approximate surface area is 138 Å². The lowest BCUT2D eigenvalue weighted by atomic mass is 10.1. The Morgan fingerprint density at radius 2 is 1.95 bits per heavy atom. The quantitative estimate of drug-likeness (QED) is 0.632. The van der Waals surface area contributed by atoms with Crippen molar-refractivity contribution in [3.63, 3.8) is 0 Å². The van der Waals surface area contributed by atoms with Gasteiger partial charge < -0.3 is 4.74 Å². The van der Waals surface area contributed by atoms with Gasteiger partial charge in [0, 0.05) is 10.0 Å². The molecule has 0 bridgehead atoms. The van der Waals surface area contributed by atoms with E-state index in [1.165, 1.54) is 0 Å². The molecule has 0 atom stereocenters. The van der Waals surface area contributed by atoms with Crippen molar-refractivity contribution in [2.75, 3.05) is 6.61 Å². The fraction of sp³-hybridized carbons (Fsp3) is 0.176. The molecule has 0 aromatic heterocycles. The molecule has 2 aromatic carbocycles. The van der Waals surface area contributed by atoms with Crippen molar-refractivity contribution in [3.8, 4) is 5.75 Å². The summed E-state index contributed by atoms with van der Waals surface area (Å²) in [5, 5.41) is 3.98. The SMILES string of the molecule is CCOc1ccccc1/C=N/NC(=O)Cc1ccc(Br)cc1. The van der Waals surface area contributed by atoms with Crippen molar-refractivity contribution in [1.29, 1.82) is 0 Å². The number of benzene rings is 2. The van der Waals surface area contributed by atoms with Crippen LogP contribution in [0.4, 0.5) is 0 Å². The fourth-order valence-corrected chi connectivity index (χ4v) is 2.14. The molecule has 0 spiro atoms. The molecule has 22 heavy (non-hydrogen) atoms. The molecule has 2 rings (SSSR count). The van der Waals surface area contributed by atoms with E-state index in [2.05, 4.69) is 26.5 Å². The van der Waals surface area contributed by atoms with E-state index in [-0.39, 0.29) is 12.3 Å². The van der Waals surface area contributed by atoms with Crippen LogP contribution in [-0.2, 0) is 11.2 Å². The number of amides is 1. The van der Waals surface area contributed by atoms with Crippen LogP contribution in [0.25, 0.3) is 0 Å². The van der Waals surface area contributed by atoms with Crippen LogP contribution < -0.4 is 10.2 Å². The maximum atomic E-state index is 11.8. The Kier molecular flexibility index (Phi) is 6.15. The molecular weight excluding hydrogens is 344 g/mol. The number of rotatable bonds is 6. The Morgan fingerprint density at radius 1 is 1.23 bits per heavy atom. The minimum Gasteiger partial charge on any atom is -0.493 e. The topological polar surface area (TPSA) is 50.7 Å². The third-order valence-electron chi connectivity index (χ3n) is 2.89. The summed E-state index contributed by atoms with van der Waals surface area (Å²) in [6.45, 7) is 2.51. The maximum absolute atomic E-state index is 11.8. The molecule has 1 N–H and O–H groups in total. The van der Waals surface area contributed by atoms with E-state index < -0.39 is 0 Å². The molecule has 0 aliphatic heterocycles. The van der Waals surface area contributed by atoms with E-state index >= 15 is 0 Å². The molecular formula is C17H17BrN2O2. The number of ether oxygens (including phenoxy) is 1. The Balaban J connectivity index is 1.92. The first-order valence-electron chi connectivity index (χ1n) is 6.97. The van der Waals surface area contributed by atoms with Crippen LogP contribution in [0.5, 0.6) is 5.75 Å². The number of carbonyl (C=O) groups excluding carboxylic acids is 1. The third kappa shape index (κ3) is 5.00. The maximum Gasteiger partial charge on any atom is 0.244 e. The number of halogens is 1. The zero-order valence-electron chi connectivity index (χ0n) is 12.3. The van der Waals surface area contributed by atoms with Crippen molar-refractivity contribution in [2.45, 2.75) is 13.3 Å². The smallest absolute Gasteiger partial charge is 0.244 e. The van der Waals surface area contributed by atoms with E-state index in [0.29, 0.717) is 6.61 Å². The van der Waals surface area contributed by atoms with Crippen LogP contribution in [0.1, 0.15) is 18.1 Å². The van der Waals surface area contributed by atoms with E-state index in [0.717, 1.165) is 21.3 Å². The highest BCUT2D eigenvalue weighted by molar-refractivity contribution is 9.10. The first-order chi connectivity index (χ1) is 10.7. The number of hydrazone groups is 1. The van der Waals surface area contributed by atoms with Gasteiger partial charge in [-0.15, -0.1) is 0 Å². The zero-order valence-corrected chi connectivity index (χ0v) is 13.8. The van der Waals surface area contributed by atoms with Gasteiger partial charge in [-0.3, -0.25) is 4.79 Å². The van der Waals surface area contributed by atoms with Crippen LogP contribution in [0.3, 0.4) is 0 Å². The number of hydrogen-bond donors (Lipinski definition) is 1. The summed E-state index contributed by atoms with van der Waals surface area (Å²) in [6, 6.07) is 15.2. The summed E-state index contributed by atoms with van der Waals surface area (Å²) in [5.41, 5.74) is 4.29. The lowest BCUT2D eigenvalue weighted by Gasteiger charge is -2.06. The summed E-state index contributed by atoms with van der Waals surface area (Å²) in [5.74, 6) is 0.586. The molecule has 0 aliphatic carbocycles. The van der Waals surface area contributed by atoms with E-state index in [1.54, 1.807) is 6.21 Å². The molecule has 0 radical (unpaired) electrons. The largest absolute Gasteiger partial charge is 0.493 e. The predicted molar refractivity (Wildman–Crippen MR) is 91.2 cm³/mol. The summed E-state index contributed by atoms with van der Waals surface area (Å²) in [4.78, 5) is 11.8. The van der Waals surface area contributed by atoms with Crippen LogP contribution in [0.15, 0.2) is 58.1 Å². The average Bonchev–Trinajstić information content (AvgIpc) is 2.51. The highest BCUT2D eigenvalue weighted by Crippen LogP contribution is 2.15. The van der Waals surface area contributed by atoms with Crippen LogP contribution in [0.2, 0.25) is 0 Å². The van der Waals surface area contributed by atoms with E-state index in [4.69, 9.17) is 4.74 Å². The number of nitrogens with zero attached hydrogens (tertiary/aromatic N) is 1. The van der Waals surface area contributed by atoms with Gasteiger partial charge in [-0.2, -0.15) is 5.10 Å². The second kappa shape index (κ2) is 8.34. The van der Waals surface area contributed by atoms with Crippen molar-refractivity contribution in [2.24, 2.45) is 5.10 Å². The first kappa shape index (κ1) is 16.2. The van der Waals surface area contributed by atoms with E-state index in [1.807, 2.05) is 55.5 Å². The molecule has 1 amide bonds. The molecule has 0 heterocycles. The van der Waals surface area contributed by atoms with Crippen LogP contribution in [0, 0.1) is 0 Å². The molecule has 0 saturated heterocycles. The standard InChI is InChI=1S/C17H17BrN2O2/c1-2-22-16-6-4-3-5-14(16)12-19-20-17(21)11-13-7-9-15(18)10-8-13/h3-10,12H,2,11H2,1H3,(H,20,21)/b19-12+. The summed E-state index contributed by atoms with van der Waals surface area (Å²) < 4.78 is 6.48. The molecule has 4 nitrogen and oxygen atoms in total. The summed E-state index contributed by atoms with van der Waals surface area (Å²) in [6.07, 6.45) is 1.88. The molecule has 0 aliphatic rings. The number of para-hydroxylation sites is 1. The van der Waals surface area contributed by atoms with Crippen LogP contribution >= 0.6 is 15.9 Å². The predicted octanol–water partition coefficient (Wildman–Crippen LogP) is 3.54. The van der Waals surface area contributed by atoms with Gasteiger partial charge in [-0.05, 0) is 36.8 Å². The fourth-order valence-electron chi connectivity index (χ4n) is 1.88. The molecule has 5 heteroatoms. The Bertz CT molecular complexity index is 654. The monoisotopic (exact) mass is 360 g/mol. The lowest BCUT2D eigenvalue weighted by molar-refractivity contribution is -0.120. The van der Waals surface area contributed by atoms with Gasteiger partial charge in [0.2, 0.25) is 5.91 Å². The van der Waals surface area contributed by atoms with Gasteiger partial charge in [-0.25, -0.2) is 5.43 Å². The second-order valence-corrected chi connectivity index (χ2v) is 5.48. The Morgan fingerprint density at radius 3 is 2.68 bits per heavy atom. The number of carbonyl (C=O) groups is 1. The van der Waals surface area contributed by atoms with Gasteiger partial charge in [-0.1, -0.05) is 40.2 Å². The number of nitrogens with one attached hydrogen (secondary N) is 1. The number of hydrogen-bond acceptors (Lipinski definition) is 3. The second-order valence-electron chi connectivity index (χ2n) is 4.57. The molecule has 0 fully saturated rings. The summed E-state index contributed by atoms with van der Waals surface area (Å²) in [7, 11) is 0.